The van der Waals surface area contributed by atoms with Crippen molar-refractivity contribution in [3.8, 4) is 0 Å². The lowest BCUT2D eigenvalue weighted by molar-refractivity contribution is 0.442. The maximum Gasteiger partial charge on any atom is 0.0367 e. The maximum atomic E-state index is 2.46. The Kier molecular flexibility index (Phi) is 5.51. The molecule has 144 valence electrons. The summed E-state index contributed by atoms with van der Waals surface area (Å²) in [6, 6.07) is 44.5. The van der Waals surface area contributed by atoms with Crippen molar-refractivity contribution in [2.75, 3.05) is 0 Å². The van der Waals surface area contributed by atoms with Crippen molar-refractivity contribution in [3.63, 3.8) is 0 Å². The maximum absolute atomic E-state index is 2.46. The SMILES string of the molecule is C[SiH2]C(c1ccccc1)(c1ccccc1)C(C)(c1ccccc1)c1ccccc1. The van der Waals surface area contributed by atoms with Gasteiger partial charge in [0.2, 0.25) is 0 Å². The van der Waals surface area contributed by atoms with Gasteiger partial charge in [-0.05, 0) is 22.3 Å². The van der Waals surface area contributed by atoms with Crippen molar-refractivity contribution >= 4 is 9.52 Å². The van der Waals surface area contributed by atoms with Crippen LogP contribution in [0.15, 0.2) is 121 Å². The van der Waals surface area contributed by atoms with Crippen molar-refractivity contribution in [2.45, 2.75) is 23.9 Å². The highest BCUT2D eigenvalue weighted by Gasteiger charge is 2.51. The Morgan fingerprint density at radius 3 is 1.00 bits per heavy atom. The van der Waals surface area contributed by atoms with Crippen LogP contribution in [0.5, 0.6) is 0 Å². The average Bonchev–Trinajstić information content (AvgIpc) is 2.82. The van der Waals surface area contributed by atoms with Crippen molar-refractivity contribution in [3.05, 3.63) is 144 Å². The molecule has 0 aliphatic carbocycles. The zero-order chi connectivity index (χ0) is 20.2. The first kappa shape index (κ1) is 19.4. The van der Waals surface area contributed by atoms with E-state index in [0.717, 1.165) is 0 Å². The average molecular weight is 393 g/mol. The van der Waals surface area contributed by atoms with E-state index in [9.17, 15) is 0 Å². The number of hydrogen-bond acceptors (Lipinski definition) is 0. The summed E-state index contributed by atoms with van der Waals surface area (Å²) in [5.41, 5.74) is 5.38. The minimum Gasteiger partial charge on any atom is -0.0737 e. The molecule has 0 amide bonds. The third kappa shape index (κ3) is 3.16. The Balaban J connectivity index is 2.13. The van der Waals surface area contributed by atoms with Crippen LogP contribution in [0.1, 0.15) is 29.2 Å². The van der Waals surface area contributed by atoms with Crippen molar-refractivity contribution < 1.29 is 0 Å². The van der Waals surface area contributed by atoms with E-state index in [0.29, 0.717) is 0 Å². The van der Waals surface area contributed by atoms with Gasteiger partial charge in [0.25, 0.3) is 0 Å². The molecule has 0 aliphatic rings. The highest BCUT2D eigenvalue weighted by molar-refractivity contribution is 6.41. The normalized spacial score (nSPS) is 12.3. The second-order valence-corrected chi connectivity index (χ2v) is 9.62. The van der Waals surface area contributed by atoms with Crippen LogP contribution in [-0.2, 0) is 10.5 Å². The first-order valence-electron chi connectivity index (χ1n) is 10.5. The van der Waals surface area contributed by atoms with Gasteiger partial charge < -0.3 is 0 Å². The highest BCUT2D eigenvalue weighted by atomic mass is 28.2. The van der Waals surface area contributed by atoms with Crippen molar-refractivity contribution in [1.82, 2.24) is 0 Å². The van der Waals surface area contributed by atoms with Crippen molar-refractivity contribution in [1.29, 1.82) is 0 Å². The van der Waals surface area contributed by atoms with Gasteiger partial charge in [0, 0.05) is 20.0 Å². The molecule has 0 aliphatic heterocycles. The van der Waals surface area contributed by atoms with Crippen LogP contribution in [0.3, 0.4) is 0 Å². The Morgan fingerprint density at radius 2 is 0.724 bits per heavy atom. The monoisotopic (exact) mass is 392 g/mol. The van der Waals surface area contributed by atoms with Gasteiger partial charge in [-0.3, -0.25) is 0 Å². The molecule has 0 saturated heterocycles. The lowest BCUT2D eigenvalue weighted by Crippen LogP contribution is -2.52. The van der Waals surface area contributed by atoms with Crippen LogP contribution < -0.4 is 0 Å². The first-order chi connectivity index (χ1) is 14.2. The Morgan fingerprint density at radius 1 is 0.448 bits per heavy atom. The van der Waals surface area contributed by atoms with E-state index >= 15 is 0 Å². The number of hydrogen-bond donors (Lipinski definition) is 0. The van der Waals surface area contributed by atoms with Crippen LogP contribution in [-0.4, -0.2) is 9.52 Å². The summed E-state index contributed by atoms with van der Waals surface area (Å²) in [7, 11) is -0.567. The van der Waals surface area contributed by atoms with Gasteiger partial charge in [-0.15, -0.1) is 0 Å². The first-order valence-corrected chi connectivity index (χ1v) is 12.6. The molecular formula is C28H28Si. The summed E-state index contributed by atoms with van der Waals surface area (Å²) in [6.07, 6.45) is 0. The molecule has 0 nitrogen and oxygen atoms in total. The molecule has 4 rings (SSSR count). The fraction of sp³-hybridized carbons (Fsp3) is 0.143. The predicted octanol–water partition coefficient (Wildman–Crippen LogP) is 6.15. The third-order valence-corrected chi connectivity index (χ3v) is 9.20. The fourth-order valence-electron chi connectivity index (χ4n) is 5.15. The number of benzene rings is 4. The van der Waals surface area contributed by atoms with E-state index in [1.807, 2.05) is 0 Å². The Bertz CT molecular complexity index is 946. The van der Waals surface area contributed by atoms with E-state index in [2.05, 4.69) is 135 Å². The van der Waals surface area contributed by atoms with E-state index < -0.39 is 9.52 Å². The lowest BCUT2D eigenvalue weighted by atomic mass is 9.61. The molecule has 4 aromatic carbocycles. The van der Waals surface area contributed by atoms with Crippen LogP contribution in [0, 0.1) is 0 Å². The zero-order valence-corrected chi connectivity index (χ0v) is 18.7. The summed E-state index contributed by atoms with van der Waals surface area (Å²) in [4.78, 5) is 0. The second kappa shape index (κ2) is 8.22. The fourth-order valence-corrected chi connectivity index (χ4v) is 7.56. The predicted molar refractivity (Wildman–Crippen MR) is 127 cm³/mol. The highest BCUT2D eigenvalue weighted by Crippen LogP contribution is 2.52. The smallest absolute Gasteiger partial charge is 0.0367 e. The second-order valence-electron chi connectivity index (χ2n) is 7.85. The summed E-state index contributed by atoms with van der Waals surface area (Å²) < 4.78 is 0. The molecule has 0 atom stereocenters. The van der Waals surface area contributed by atoms with Gasteiger partial charge >= 0.3 is 0 Å². The van der Waals surface area contributed by atoms with E-state index in [-0.39, 0.29) is 10.5 Å². The minimum absolute atomic E-state index is 0.0712. The zero-order valence-electron chi connectivity index (χ0n) is 17.3. The minimum atomic E-state index is -0.567. The molecule has 0 unspecified atom stereocenters. The van der Waals surface area contributed by atoms with E-state index in [4.69, 9.17) is 0 Å². The Labute approximate surface area is 177 Å². The van der Waals surface area contributed by atoms with E-state index in [1.54, 1.807) is 0 Å². The molecule has 1 heteroatoms. The van der Waals surface area contributed by atoms with Gasteiger partial charge in [0.05, 0.1) is 0 Å². The summed E-state index contributed by atoms with van der Waals surface area (Å²) >= 11 is 0. The summed E-state index contributed by atoms with van der Waals surface area (Å²) in [5, 5.41) is -0.0712. The van der Waals surface area contributed by atoms with Crippen molar-refractivity contribution in [2.24, 2.45) is 0 Å². The molecule has 0 radical (unpaired) electrons. The quantitative estimate of drug-likeness (QED) is 0.345. The molecule has 0 spiro atoms. The van der Waals surface area contributed by atoms with Gasteiger partial charge in [-0.2, -0.15) is 0 Å². The number of rotatable bonds is 6. The molecule has 4 aromatic rings. The topological polar surface area (TPSA) is 0 Å². The molecule has 0 heterocycles. The van der Waals surface area contributed by atoms with Gasteiger partial charge in [0.15, 0.2) is 0 Å². The molecule has 0 saturated carbocycles. The summed E-state index contributed by atoms with van der Waals surface area (Å²) in [5.74, 6) is 0. The van der Waals surface area contributed by atoms with Gasteiger partial charge in [-0.25, -0.2) is 0 Å². The van der Waals surface area contributed by atoms with Crippen LogP contribution >= 0.6 is 0 Å². The van der Waals surface area contributed by atoms with Gasteiger partial charge in [-0.1, -0.05) is 135 Å². The molecule has 0 aromatic heterocycles. The Hall–Kier alpha value is -2.90. The van der Waals surface area contributed by atoms with Crippen LogP contribution in [0.4, 0.5) is 0 Å². The molecule has 0 N–H and O–H groups in total. The van der Waals surface area contributed by atoms with Crippen LogP contribution in [0.2, 0.25) is 6.55 Å². The van der Waals surface area contributed by atoms with Crippen LogP contribution in [0.25, 0.3) is 0 Å². The van der Waals surface area contributed by atoms with E-state index in [1.165, 1.54) is 22.3 Å². The molecule has 0 fully saturated rings. The lowest BCUT2D eigenvalue weighted by Gasteiger charge is -2.50. The van der Waals surface area contributed by atoms with Gasteiger partial charge in [0.1, 0.15) is 0 Å². The standard InChI is InChI=1S/C28H28Si/c1-27(23-15-7-3-8-16-23,24-17-9-4-10-18-24)28(29-2,25-19-11-5-12-20-25)26-21-13-6-14-22-26/h3-22H,29H2,1-2H3. The molecule has 0 bridgehead atoms. The molecular weight excluding hydrogens is 364 g/mol. The molecule has 29 heavy (non-hydrogen) atoms. The third-order valence-electron chi connectivity index (χ3n) is 6.62. The summed E-state index contributed by atoms with van der Waals surface area (Å²) in [6.45, 7) is 4.91. The largest absolute Gasteiger partial charge is 0.0737 e.